The lowest BCUT2D eigenvalue weighted by atomic mass is 9.94. The van der Waals surface area contributed by atoms with E-state index in [1.165, 1.54) is 50.7 Å². The molecule has 2 aromatic heterocycles. The number of anilines is 1. The molecule has 4 aromatic carbocycles. The molecule has 58 heavy (non-hydrogen) atoms. The Morgan fingerprint density at radius 1 is 0.879 bits per heavy atom. The van der Waals surface area contributed by atoms with Crippen molar-refractivity contribution in [2.45, 2.75) is 30.9 Å². The van der Waals surface area contributed by atoms with Crippen molar-refractivity contribution >= 4 is 38.5 Å². The third-order valence-electron chi connectivity index (χ3n) is 9.26. The summed E-state index contributed by atoms with van der Waals surface area (Å²) in [7, 11) is 1.55. The average molecular weight is 818 g/mol. The highest BCUT2D eigenvalue weighted by molar-refractivity contribution is 7.92. The van der Waals surface area contributed by atoms with Gasteiger partial charge in [-0.3, -0.25) is 14.2 Å². The van der Waals surface area contributed by atoms with Gasteiger partial charge >= 0.3 is 5.97 Å². The summed E-state index contributed by atoms with van der Waals surface area (Å²) >= 11 is 0. The Kier molecular flexibility index (Phi) is 12.3. The van der Waals surface area contributed by atoms with Gasteiger partial charge < -0.3 is 24.3 Å². The quantitative estimate of drug-likeness (QED) is 0.0856. The number of nitrogens with zero attached hydrogens (tertiary/aromatic N) is 3. The van der Waals surface area contributed by atoms with Gasteiger partial charge in [-0.1, -0.05) is 24.3 Å². The molecular formula is C41H38F3N5O8S. The van der Waals surface area contributed by atoms with E-state index in [1.807, 2.05) is 19.1 Å². The van der Waals surface area contributed by atoms with Crippen molar-refractivity contribution in [1.82, 2.24) is 20.1 Å². The molecule has 0 aliphatic heterocycles. The number of hydrogen-bond acceptors (Lipinski definition) is 10. The Hall–Kier alpha value is -6.46. The number of carbonyl (C=O) groups excluding carboxylic acids is 2. The van der Waals surface area contributed by atoms with Crippen molar-refractivity contribution in [2.75, 3.05) is 32.7 Å². The summed E-state index contributed by atoms with van der Waals surface area (Å²) in [5.74, 6) is -4.67. The van der Waals surface area contributed by atoms with Crippen molar-refractivity contribution in [1.29, 1.82) is 0 Å². The first-order valence-electron chi connectivity index (χ1n) is 17.7. The second-order valence-corrected chi connectivity index (χ2v) is 14.6. The van der Waals surface area contributed by atoms with E-state index in [-0.39, 0.29) is 11.3 Å². The number of benzene rings is 4. The van der Waals surface area contributed by atoms with Gasteiger partial charge in [-0.15, -0.1) is 0 Å². The second-order valence-electron chi connectivity index (χ2n) is 12.9. The number of pyridine rings is 1. The number of halogens is 3. The Balaban J connectivity index is 1.24. The second kappa shape index (κ2) is 17.4. The summed E-state index contributed by atoms with van der Waals surface area (Å²) in [6, 6.07) is 15.1. The van der Waals surface area contributed by atoms with Crippen LogP contribution in [0.2, 0.25) is 0 Å². The van der Waals surface area contributed by atoms with E-state index < -0.39 is 56.8 Å². The monoisotopic (exact) mass is 817 g/mol. The van der Waals surface area contributed by atoms with Crippen LogP contribution in [0.3, 0.4) is 0 Å². The fraction of sp³-hybridized carbons (Fsp3) is 0.220. The van der Waals surface area contributed by atoms with E-state index in [0.29, 0.717) is 75.6 Å². The summed E-state index contributed by atoms with van der Waals surface area (Å²) < 4.78 is 96.5. The number of aryl methyl sites for hydroxylation is 1. The molecule has 17 heteroatoms. The minimum atomic E-state index is -4.36. The van der Waals surface area contributed by atoms with Crippen LogP contribution in [0.25, 0.3) is 33.2 Å². The summed E-state index contributed by atoms with van der Waals surface area (Å²) in [6.07, 6.45) is 2.68. The van der Waals surface area contributed by atoms with Gasteiger partial charge in [0.25, 0.3) is 15.9 Å². The highest BCUT2D eigenvalue weighted by Crippen LogP contribution is 2.43. The highest BCUT2D eigenvalue weighted by atomic mass is 32.2. The SMILES string of the molecule is CCOCc1cc(OC)c(-c2ccc(CC(NC(=O)c3c(F)cc(NS(=O)(=O)c4ccc(-c5ccnc(F)c5)cc4)cc3F)C(=O)OC)c3cnn(C)c23)c(OC)c1. The number of hydrogen-bond donors (Lipinski definition) is 2. The number of rotatable bonds is 15. The molecule has 1 atom stereocenters. The van der Waals surface area contributed by atoms with Crippen LogP contribution in [-0.4, -0.2) is 69.0 Å². The number of fused-ring (bicyclic) bond motifs is 1. The molecule has 0 saturated carbocycles. The molecule has 302 valence electrons. The largest absolute Gasteiger partial charge is 0.496 e. The van der Waals surface area contributed by atoms with Crippen LogP contribution in [-0.2, 0) is 44.4 Å². The standard InChI is InChI=1S/C41H38F3N5O8S/c1-6-57-22-23-15-34(54-3)37(35(16-23)55-4)29-12-9-26(30-21-46-49(2)39(29)30)17-33(41(51)56-5)47-40(50)38-31(42)19-27(20-32(38)43)48-58(52,53)28-10-7-24(8-11-28)25-13-14-45-36(44)18-25/h7-16,18-21,33,48H,6,17,22H2,1-5H3,(H,47,50). The normalized spacial score (nSPS) is 11.9. The van der Waals surface area contributed by atoms with Crippen molar-refractivity contribution in [2.24, 2.45) is 7.05 Å². The minimum absolute atomic E-state index is 0.168. The predicted octanol–water partition coefficient (Wildman–Crippen LogP) is 6.59. The van der Waals surface area contributed by atoms with E-state index in [9.17, 15) is 22.4 Å². The van der Waals surface area contributed by atoms with Gasteiger partial charge in [0.2, 0.25) is 5.95 Å². The lowest BCUT2D eigenvalue weighted by Gasteiger charge is -2.20. The number of methoxy groups -OCH3 is 3. The maximum Gasteiger partial charge on any atom is 0.328 e. The number of aromatic nitrogens is 3. The molecule has 1 unspecified atom stereocenters. The smallest absolute Gasteiger partial charge is 0.328 e. The van der Waals surface area contributed by atoms with Gasteiger partial charge in [0, 0.05) is 43.3 Å². The Bertz CT molecular complexity index is 2570. The highest BCUT2D eigenvalue weighted by Gasteiger charge is 2.29. The van der Waals surface area contributed by atoms with E-state index >= 15 is 8.78 Å². The molecule has 6 aromatic rings. The van der Waals surface area contributed by atoms with Crippen LogP contribution >= 0.6 is 0 Å². The number of carbonyl (C=O) groups is 2. The molecule has 0 saturated heterocycles. The van der Waals surface area contributed by atoms with Crippen LogP contribution in [0.4, 0.5) is 18.9 Å². The van der Waals surface area contributed by atoms with Gasteiger partial charge in [0.05, 0.1) is 55.8 Å². The third-order valence-corrected chi connectivity index (χ3v) is 10.7. The molecule has 0 radical (unpaired) electrons. The maximum atomic E-state index is 15.5. The van der Waals surface area contributed by atoms with Crippen LogP contribution in [0.5, 0.6) is 11.5 Å². The van der Waals surface area contributed by atoms with Crippen molar-refractivity contribution in [3.63, 3.8) is 0 Å². The van der Waals surface area contributed by atoms with Gasteiger partial charge in [-0.25, -0.2) is 27.0 Å². The zero-order chi connectivity index (χ0) is 41.7. The minimum Gasteiger partial charge on any atom is -0.496 e. The van der Waals surface area contributed by atoms with Crippen molar-refractivity contribution in [3.8, 4) is 33.8 Å². The molecule has 2 heterocycles. The molecular weight excluding hydrogens is 780 g/mol. The first kappa shape index (κ1) is 41.2. The summed E-state index contributed by atoms with van der Waals surface area (Å²) in [6.45, 7) is 2.76. The number of esters is 1. The zero-order valence-electron chi connectivity index (χ0n) is 31.9. The first-order valence-corrected chi connectivity index (χ1v) is 19.2. The zero-order valence-corrected chi connectivity index (χ0v) is 32.7. The summed E-state index contributed by atoms with van der Waals surface area (Å²) in [5, 5.41) is 7.40. The fourth-order valence-corrected chi connectivity index (χ4v) is 7.56. The first-order chi connectivity index (χ1) is 27.8. The molecule has 13 nitrogen and oxygen atoms in total. The number of ether oxygens (including phenoxy) is 4. The van der Waals surface area contributed by atoms with E-state index in [4.69, 9.17) is 18.9 Å². The summed E-state index contributed by atoms with van der Waals surface area (Å²) in [5.41, 5.74) is 2.73. The van der Waals surface area contributed by atoms with Gasteiger partial charge in [-0.05, 0) is 71.6 Å². The number of nitrogens with one attached hydrogen (secondary N) is 2. The number of amides is 1. The van der Waals surface area contributed by atoms with E-state index in [0.717, 1.165) is 12.7 Å². The molecule has 2 N–H and O–H groups in total. The van der Waals surface area contributed by atoms with E-state index in [2.05, 4.69) is 20.1 Å². The predicted molar refractivity (Wildman–Crippen MR) is 208 cm³/mol. The lowest BCUT2D eigenvalue weighted by molar-refractivity contribution is -0.142. The fourth-order valence-electron chi connectivity index (χ4n) is 6.52. The molecule has 0 spiro atoms. The molecule has 0 aliphatic carbocycles. The maximum absolute atomic E-state index is 15.5. The van der Waals surface area contributed by atoms with Crippen LogP contribution in [0.15, 0.2) is 90.1 Å². The Morgan fingerprint density at radius 2 is 1.55 bits per heavy atom. The Labute approximate surface area is 331 Å². The molecule has 0 aliphatic rings. The average Bonchev–Trinajstić information content (AvgIpc) is 3.60. The molecule has 0 fully saturated rings. The van der Waals surface area contributed by atoms with Gasteiger partial charge in [-0.2, -0.15) is 9.49 Å². The topological polar surface area (TPSA) is 160 Å². The van der Waals surface area contributed by atoms with Crippen LogP contribution in [0, 0.1) is 17.6 Å². The van der Waals surface area contributed by atoms with Crippen LogP contribution < -0.4 is 19.5 Å². The van der Waals surface area contributed by atoms with E-state index in [1.54, 1.807) is 36.1 Å². The van der Waals surface area contributed by atoms with Gasteiger partial charge in [0.1, 0.15) is 34.7 Å². The lowest BCUT2D eigenvalue weighted by Crippen LogP contribution is -2.43. The summed E-state index contributed by atoms with van der Waals surface area (Å²) in [4.78, 5) is 29.7. The Morgan fingerprint density at radius 3 is 2.16 bits per heavy atom. The van der Waals surface area contributed by atoms with Crippen LogP contribution in [0.1, 0.15) is 28.4 Å². The van der Waals surface area contributed by atoms with Crippen molar-refractivity contribution < 1.29 is 50.1 Å². The van der Waals surface area contributed by atoms with Gasteiger partial charge in [0.15, 0.2) is 0 Å². The third kappa shape index (κ3) is 8.59. The van der Waals surface area contributed by atoms with Crippen molar-refractivity contribution in [3.05, 3.63) is 119 Å². The molecule has 0 bridgehead atoms. The number of sulfonamides is 1. The molecule has 1 amide bonds. The molecule has 6 rings (SSSR count).